The molecule has 0 saturated heterocycles. The van der Waals surface area contributed by atoms with E-state index >= 15 is 0 Å². The first-order chi connectivity index (χ1) is 12.8. The number of hydrogen-bond acceptors (Lipinski definition) is 2. The molecule has 1 heterocycles. The van der Waals surface area contributed by atoms with Gasteiger partial charge in [0.15, 0.2) is 5.78 Å². The number of rotatable bonds is 8. The Morgan fingerprint density at radius 1 is 1.15 bits per heavy atom. The number of aryl methyl sites for hydroxylation is 1. The van der Waals surface area contributed by atoms with Gasteiger partial charge in [-0.25, -0.2) is 0 Å². The van der Waals surface area contributed by atoms with Gasteiger partial charge in [-0.2, -0.15) is 0 Å². The summed E-state index contributed by atoms with van der Waals surface area (Å²) in [7, 11) is 0. The highest BCUT2D eigenvalue weighted by atomic mass is 16.1. The van der Waals surface area contributed by atoms with Gasteiger partial charge in [-0.3, -0.25) is 4.79 Å². The number of carbonyl (C=O) groups excluding carboxylic acids is 1. The molecule has 1 fully saturated rings. The molecule has 1 aliphatic carbocycles. The first kappa shape index (κ1) is 17.0. The van der Waals surface area contributed by atoms with E-state index in [0.29, 0.717) is 6.04 Å². The molecule has 0 amide bonds. The fourth-order valence-electron chi connectivity index (χ4n) is 3.44. The molecule has 3 heteroatoms. The van der Waals surface area contributed by atoms with Crippen LogP contribution in [-0.2, 0) is 13.1 Å². The van der Waals surface area contributed by atoms with Crippen LogP contribution in [0.3, 0.4) is 0 Å². The second-order valence-corrected chi connectivity index (χ2v) is 7.29. The topological polar surface area (TPSA) is 34.0 Å². The lowest BCUT2D eigenvalue weighted by atomic mass is 10.0. The molecule has 3 nitrogen and oxygen atoms in total. The van der Waals surface area contributed by atoms with Gasteiger partial charge in [-0.1, -0.05) is 55.8 Å². The Hall–Kier alpha value is -2.39. The third-order valence-electron chi connectivity index (χ3n) is 5.15. The Morgan fingerprint density at radius 3 is 2.69 bits per heavy atom. The fraction of sp³-hybridized carbons (Fsp3) is 0.348. The Balaban J connectivity index is 1.71. The van der Waals surface area contributed by atoms with Gasteiger partial charge >= 0.3 is 0 Å². The monoisotopic (exact) mass is 346 g/mol. The number of nitrogens with one attached hydrogen (secondary N) is 1. The predicted molar refractivity (Wildman–Crippen MR) is 107 cm³/mol. The summed E-state index contributed by atoms with van der Waals surface area (Å²) in [6, 6.07) is 16.8. The van der Waals surface area contributed by atoms with E-state index in [2.05, 4.69) is 35.0 Å². The van der Waals surface area contributed by atoms with Crippen LogP contribution in [0.5, 0.6) is 0 Å². The smallest absolute Gasteiger partial charge is 0.195 e. The molecule has 1 N–H and O–H groups in total. The van der Waals surface area contributed by atoms with Crippen LogP contribution < -0.4 is 5.32 Å². The molecule has 134 valence electrons. The van der Waals surface area contributed by atoms with Crippen molar-refractivity contribution in [2.45, 2.75) is 51.7 Å². The van der Waals surface area contributed by atoms with Crippen LogP contribution in [0.2, 0.25) is 0 Å². The highest BCUT2D eigenvalue weighted by Crippen LogP contribution is 2.26. The van der Waals surface area contributed by atoms with Crippen molar-refractivity contribution in [2.75, 3.05) is 0 Å². The van der Waals surface area contributed by atoms with Crippen molar-refractivity contribution >= 4 is 16.7 Å². The number of hydrogen-bond donors (Lipinski definition) is 1. The third-order valence-corrected chi connectivity index (χ3v) is 5.15. The zero-order valence-electron chi connectivity index (χ0n) is 15.4. The van der Waals surface area contributed by atoms with Gasteiger partial charge in [-0.15, -0.1) is 0 Å². The molecule has 26 heavy (non-hydrogen) atoms. The van der Waals surface area contributed by atoms with Crippen LogP contribution in [0, 0.1) is 0 Å². The number of unbranched alkanes of at least 4 members (excludes halogenated alkanes) is 1. The molecule has 0 aliphatic heterocycles. The summed E-state index contributed by atoms with van der Waals surface area (Å²) in [5, 5.41) is 4.64. The van der Waals surface area contributed by atoms with Crippen LogP contribution in [0.25, 0.3) is 10.9 Å². The van der Waals surface area contributed by atoms with E-state index in [1.165, 1.54) is 23.9 Å². The van der Waals surface area contributed by atoms with Crippen LogP contribution in [0.1, 0.15) is 54.1 Å². The molecular weight excluding hydrogens is 320 g/mol. The van der Waals surface area contributed by atoms with Gasteiger partial charge < -0.3 is 9.88 Å². The summed E-state index contributed by atoms with van der Waals surface area (Å²) in [4.78, 5) is 13.0. The van der Waals surface area contributed by atoms with E-state index in [1.54, 1.807) is 0 Å². The van der Waals surface area contributed by atoms with Crippen molar-refractivity contribution in [1.29, 1.82) is 0 Å². The number of aromatic nitrogens is 1. The van der Waals surface area contributed by atoms with Crippen LogP contribution >= 0.6 is 0 Å². The molecule has 1 aromatic heterocycles. The highest BCUT2D eigenvalue weighted by molar-refractivity contribution is 6.16. The molecule has 1 aliphatic rings. The van der Waals surface area contributed by atoms with Crippen LogP contribution in [0.15, 0.2) is 54.7 Å². The normalized spacial score (nSPS) is 14.0. The molecule has 2 aromatic carbocycles. The minimum Gasteiger partial charge on any atom is -0.347 e. The fourth-order valence-corrected chi connectivity index (χ4v) is 3.44. The SMILES string of the molecule is CCCCn1cc(C(=O)c2ccccc2)c2ccc(CNC3CC3)cc21. The lowest BCUT2D eigenvalue weighted by molar-refractivity contribution is 0.104. The average molecular weight is 346 g/mol. The summed E-state index contributed by atoms with van der Waals surface area (Å²) in [5.41, 5.74) is 4.03. The second-order valence-electron chi connectivity index (χ2n) is 7.29. The lowest BCUT2D eigenvalue weighted by Crippen LogP contribution is -2.15. The van der Waals surface area contributed by atoms with Crippen molar-refractivity contribution in [1.82, 2.24) is 9.88 Å². The first-order valence-electron chi connectivity index (χ1n) is 9.71. The molecule has 4 rings (SSSR count). The van der Waals surface area contributed by atoms with E-state index in [4.69, 9.17) is 0 Å². The molecule has 0 spiro atoms. The maximum atomic E-state index is 13.0. The van der Waals surface area contributed by atoms with Gasteiger partial charge in [0, 0.05) is 47.4 Å². The van der Waals surface area contributed by atoms with Crippen molar-refractivity contribution in [3.63, 3.8) is 0 Å². The summed E-state index contributed by atoms with van der Waals surface area (Å²) in [6.45, 7) is 4.06. The molecule has 0 radical (unpaired) electrons. The van der Waals surface area contributed by atoms with Crippen LogP contribution in [0.4, 0.5) is 0 Å². The number of ketones is 1. The quantitative estimate of drug-likeness (QED) is 0.587. The zero-order valence-corrected chi connectivity index (χ0v) is 15.4. The van der Waals surface area contributed by atoms with Gasteiger partial charge in [0.05, 0.1) is 0 Å². The van der Waals surface area contributed by atoms with Gasteiger partial charge in [-0.05, 0) is 30.9 Å². The van der Waals surface area contributed by atoms with E-state index in [1.807, 2.05) is 36.5 Å². The minimum atomic E-state index is 0.106. The number of benzene rings is 2. The van der Waals surface area contributed by atoms with E-state index in [9.17, 15) is 4.79 Å². The molecule has 0 unspecified atom stereocenters. The Bertz CT molecular complexity index is 907. The van der Waals surface area contributed by atoms with E-state index in [0.717, 1.165) is 42.4 Å². The average Bonchev–Trinajstić information content (AvgIpc) is 3.45. The number of carbonyl (C=O) groups is 1. The Kier molecular flexibility index (Phi) is 4.89. The maximum absolute atomic E-state index is 13.0. The molecule has 0 bridgehead atoms. The highest BCUT2D eigenvalue weighted by Gasteiger charge is 2.21. The molecular formula is C23H26N2O. The summed E-state index contributed by atoms with van der Waals surface area (Å²) in [6.07, 6.45) is 6.90. The van der Waals surface area contributed by atoms with E-state index < -0.39 is 0 Å². The lowest BCUT2D eigenvalue weighted by Gasteiger charge is -2.07. The Labute approximate surface area is 155 Å². The summed E-state index contributed by atoms with van der Waals surface area (Å²) in [5.74, 6) is 0.106. The summed E-state index contributed by atoms with van der Waals surface area (Å²) < 4.78 is 2.26. The third kappa shape index (κ3) is 3.58. The second kappa shape index (κ2) is 7.46. The zero-order chi connectivity index (χ0) is 17.9. The van der Waals surface area contributed by atoms with Crippen molar-refractivity contribution in [2.24, 2.45) is 0 Å². The minimum absolute atomic E-state index is 0.106. The summed E-state index contributed by atoms with van der Waals surface area (Å²) >= 11 is 0. The standard InChI is InChI=1S/C23H26N2O/c1-2-3-13-25-16-21(23(26)18-7-5-4-6-8-18)20-12-9-17(14-22(20)25)15-24-19-10-11-19/h4-9,12,14,16,19,24H,2-3,10-11,13,15H2,1H3. The van der Waals surface area contributed by atoms with Crippen LogP contribution in [-0.4, -0.2) is 16.4 Å². The number of nitrogens with zero attached hydrogens (tertiary/aromatic N) is 1. The number of fused-ring (bicyclic) bond motifs is 1. The molecule has 3 aromatic rings. The predicted octanol–water partition coefficient (Wildman–Crippen LogP) is 4.92. The largest absolute Gasteiger partial charge is 0.347 e. The van der Waals surface area contributed by atoms with Crippen molar-refractivity contribution in [3.05, 3.63) is 71.4 Å². The first-order valence-corrected chi connectivity index (χ1v) is 9.71. The van der Waals surface area contributed by atoms with Gasteiger partial charge in [0.25, 0.3) is 0 Å². The van der Waals surface area contributed by atoms with Gasteiger partial charge in [0.2, 0.25) is 0 Å². The van der Waals surface area contributed by atoms with Crippen molar-refractivity contribution in [3.8, 4) is 0 Å². The van der Waals surface area contributed by atoms with Crippen molar-refractivity contribution < 1.29 is 4.79 Å². The Morgan fingerprint density at radius 2 is 1.96 bits per heavy atom. The molecule has 1 saturated carbocycles. The van der Waals surface area contributed by atoms with Gasteiger partial charge in [0.1, 0.15) is 0 Å². The van der Waals surface area contributed by atoms with E-state index in [-0.39, 0.29) is 5.78 Å². The maximum Gasteiger partial charge on any atom is 0.195 e. The molecule has 0 atom stereocenters.